The van der Waals surface area contributed by atoms with Crippen LogP contribution < -0.4 is 5.73 Å². The van der Waals surface area contributed by atoms with Crippen LogP contribution in [0.2, 0.25) is 5.02 Å². The minimum absolute atomic E-state index is 0.0689. The van der Waals surface area contributed by atoms with E-state index >= 15 is 0 Å². The summed E-state index contributed by atoms with van der Waals surface area (Å²) in [5, 5.41) is 0.781. The fourth-order valence-corrected chi connectivity index (χ4v) is 2.35. The molecule has 1 fully saturated rings. The highest BCUT2D eigenvalue weighted by Gasteiger charge is 2.36. The lowest BCUT2D eigenvalue weighted by Gasteiger charge is -2.24. The van der Waals surface area contributed by atoms with Crippen LogP contribution in [0.3, 0.4) is 0 Å². The van der Waals surface area contributed by atoms with Crippen molar-refractivity contribution in [3.63, 3.8) is 0 Å². The van der Waals surface area contributed by atoms with Crippen molar-refractivity contribution < 1.29 is 4.74 Å². The molecule has 0 aromatic heterocycles. The monoisotopic (exact) mass is 253 g/mol. The molecule has 1 aliphatic carbocycles. The van der Waals surface area contributed by atoms with E-state index in [0.717, 1.165) is 16.1 Å². The highest BCUT2D eigenvalue weighted by atomic mass is 35.5. The van der Waals surface area contributed by atoms with Crippen LogP contribution >= 0.6 is 11.6 Å². The molecule has 2 rings (SSSR count). The zero-order chi connectivity index (χ0) is 12.4. The minimum atomic E-state index is -0.0689. The number of hydrogen-bond acceptors (Lipinski definition) is 2. The second kappa shape index (κ2) is 5.38. The number of benzene rings is 1. The van der Waals surface area contributed by atoms with Gasteiger partial charge in [0.15, 0.2) is 0 Å². The molecule has 1 aliphatic rings. The Morgan fingerprint density at radius 1 is 1.47 bits per heavy atom. The van der Waals surface area contributed by atoms with Crippen LogP contribution in [0.1, 0.15) is 36.9 Å². The van der Waals surface area contributed by atoms with Gasteiger partial charge in [0, 0.05) is 11.6 Å². The van der Waals surface area contributed by atoms with Gasteiger partial charge in [-0.25, -0.2) is 0 Å². The van der Waals surface area contributed by atoms with Gasteiger partial charge in [0.2, 0.25) is 0 Å². The van der Waals surface area contributed by atoms with Crippen molar-refractivity contribution in [2.45, 2.75) is 38.8 Å². The Labute approximate surface area is 108 Å². The van der Waals surface area contributed by atoms with E-state index in [1.807, 2.05) is 26.0 Å². The Balaban J connectivity index is 2.15. The fraction of sp³-hybridized carbons (Fsp3) is 0.571. The molecule has 0 amide bonds. The van der Waals surface area contributed by atoms with Crippen molar-refractivity contribution in [3.05, 3.63) is 34.3 Å². The first-order chi connectivity index (χ1) is 8.13. The highest BCUT2D eigenvalue weighted by Crippen LogP contribution is 2.39. The van der Waals surface area contributed by atoms with Crippen LogP contribution in [0.4, 0.5) is 0 Å². The molecule has 2 nitrogen and oxygen atoms in total. The van der Waals surface area contributed by atoms with Gasteiger partial charge in [-0.1, -0.05) is 23.7 Å². The second-order valence-electron chi connectivity index (χ2n) is 4.79. The molecule has 17 heavy (non-hydrogen) atoms. The van der Waals surface area contributed by atoms with E-state index in [1.54, 1.807) is 0 Å². The lowest BCUT2D eigenvalue weighted by Crippen LogP contribution is -2.31. The van der Waals surface area contributed by atoms with Gasteiger partial charge in [-0.05, 0) is 49.8 Å². The number of hydrogen-bond donors (Lipinski definition) is 1. The van der Waals surface area contributed by atoms with E-state index in [-0.39, 0.29) is 12.1 Å². The lowest BCUT2D eigenvalue weighted by molar-refractivity contribution is 0.0283. The van der Waals surface area contributed by atoms with E-state index in [9.17, 15) is 0 Å². The Kier molecular flexibility index (Phi) is 4.08. The maximum atomic E-state index is 6.30. The lowest BCUT2D eigenvalue weighted by atomic mass is 9.98. The van der Waals surface area contributed by atoms with Gasteiger partial charge in [-0.3, -0.25) is 0 Å². The van der Waals surface area contributed by atoms with E-state index in [1.165, 1.54) is 12.8 Å². The summed E-state index contributed by atoms with van der Waals surface area (Å²) in [7, 11) is 0. The minimum Gasteiger partial charge on any atom is -0.376 e. The van der Waals surface area contributed by atoms with Crippen LogP contribution in [-0.4, -0.2) is 12.7 Å². The largest absolute Gasteiger partial charge is 0.376 e. The quantitative estimate of drug-likeness (QED) is 0.872. The summed E-state index contributed by atoms with van der Waals surface area (Å²) in [6, 6.07) is 5.98. The van der Waals surface area contributed by atoms with Crippen molar-refractivity contribution in [1.82, 2.24) is 0 Å². The van der Waals surface area contributed by atoms with Crippen LogP contribution in [-0.2, 0) is 4.74 Å². The summed E-state index contributed by atoms with van der Waals surface area (Å²) in [6.45, 7) is 4.73. The molecule has 3 heteroatoms. The number of halogens is 1. The molecule has 0 aliphatic heterocycles. The van der Waals surface area contributed by atoms with Crippen LogP contribution in [0, 0.1) is 12.8 Å². The zero-order valence-corrected chi connectivity index (χ0v) is 11.2. The third-order valence-corrected chi connectivity index (χ3v) is 3.79. The van der Waals surface area contributed by atoms with E-state index < -0.39 is 0 Å². The highest BCUT2D eigenvalue weighted by molar-refractivity contribution is 6.31. The van der Waals surface area contributed by atoms with E-state index in [4.69, 9.17) is 22.1 Å². The number of aryl methyl sites for hydroxylation is 1. The molecule has 0 heterocycles. The first-order valence-corrected chi connectivity index (χ1v) is 6.64. The van der Waals surface area contributed by atoms with Crippen molar-refractivity contribution in [3.8, 4) is 0 Å². The van der Waals surface area contributed by atoms with Gasteiger partial charge < -0.3 is 10.5 Å². The Morgan fingerprint density at radius 3 is 2.71 bits per heavy atom. The summed E-state index contributed by atoms with van der Waals surface area (Å²) in [5.41, 5.74) is 8.46. The summed E-state index contributed by atoms with van der Waals surface area (Å²) in [4.78, 5) is 0. The molecule has 1 aromatic rings. The zero-order valence-electron chi connectivity index (χ0n) is 10.4. The van der Waals surface area contributed by atoms with Gasteiger partial charge >= 0.3 is 0 Å². The Hall–Kier alpha value is -0.570. The third kappa shape index (κ3) is 3.01. The van der Waals surface area contributed by atoms with Gasteiger partial charge in [-0.2, -0.15) is 0 Å². The van der Waals surface area contributed by atoms with Gasteiger partial charge in [-0.15, -0.1) is 0 Å². The van der Waals surface area contributed by atoms with E-state index in [2.05, 4.69) is 6.07 Å². The topological polar surface area (TPSA) is 35.2 Å². The standard InChI is InChI=1S/C14H20ClNO/c1-3-17-14(10-6-7-10)13(16)11-5-4-9(2)12(15)8-11/h4-5,8,10,13-14H,3,6-7,16H2,1-2H3. The summed E-state index contributed by atoms with van der Waals surface area (Å²) in [6.07, 6.45) is 2.61. The molecule has 94 valence electrons. The predicted octanol–water partition coefficient (Wildman–Crippen LogP) is 3.46. The first kappa shape index (κ1) is 12.9. The molecule has 0 spiro atoms. The molecular formula is C14H20ClNO. The molecular weight excluding hydrogens is 234 g/mol. The smallest absolute Gasteiger partial charge is 0.0795 e. The van der Waals surface area contributed by atoms with Crippen molar-refractivity contribution in [2.75, 3.05) is 6.61 Å². The van der Waals surface area contributed by atoms with E-state index in [0.29, 0.717) is 12.5 Å². The van der Waals surface area contributed by atoms with Gasteiger partial charge in [0.25, 0.3) is 0 Å². The SMILES string of the molecule is CCOC(C1CC1)C(N)c1ccc(C)c(Cl)c1. The fourth-order valence-electron chi connectivity index (χ4n) is 2.16. The van der Waals surface area contributed by atoms with Crippen LogP contribution in [0.25, 0.3) is 0 Å². The average Bonchev–Trinajstić information content (AvgIpc) is 3.13. The van der Waals surface area contributed by atoms with Crippen LogP contribution in [0.5, 0.6) is 0 Å². The molecule has 2 N–H and O–H groups in total. The van der Waals surface area contributed by atoms with Crippen molar-refractivity contribution in [1.29, 1.82) is 0 Å². The summed E-state index contributed by atoms with van der Waals surface area (Å²) in [5.74, 6) is 0.630. The number of rotatable bonds is 5. The predicted molar refractivity (Wildman–Crippen MR) is 71.3 cm³/mol. The number of nitrogens with two attached hydrogens (primary N) is 1. The summed E-state index contributed by atoms with van der Waals surface area (Å²) < 4.78 is 5.78. The van der Waals surface area contributed by atoms with Crippen molar-refractivity contribution in [2.24, 2.45) is 11.7 Å². The molecule has 2 atom stereocenters. The molecule has 0 saturated heterocycles. The molecule has 0 radical (unpaired) electrons. The molecule has 1 aromatic carbocycles. The average molecular weight is 254 g/mol. The maximum absolute atomic E-state index is 6.30. The maximum Gasteiger partial charge on any atom is 0.0795 e. The third-order valence-electron chi connectivity index (χ3n) is 3.38. The summed E-state index contributed by atoms with van der Waals surface area (Å²) >= 11 is 6.14. The Morgan fingerprint density at radius 2 is 2.18 bits per heavy atom. The molecule has 1 saturated carbocycles. The van der Waals surface area contributed by atoms with Gasteiger partial charge in [0.1, 0.15) is 0 Å². The molecule has 2 unspecified atom stereocenters. The normalized spacial score (nSPS) is 19.1. The first-order valence-electron chi connectivity index (χ1n) is 6.26. The second-order valence-corrected chi connectivity index (χ2v) is 5.20. The van der Waals surface area contributed by atoms with Crippen molar-refractivity contribution >= 4 is 11.6 Å². The van der Waals surface area contributed by atoms with Crippen LogP contribution in [0.15, 0.2) is 18.2 Å². The number of ether oxygens (including phenoxy) is 1. The Bertz CT molecular complexity index is 390. The van der Waals surface area contributed by atoms with Gasteiger partial charge in [0.05, 0.1) is 12.1 Å². The molecule has 0 bridgehead atoms.